The Balaban J connectivity index is 0.000000280. The lowest BCUT2D eigenvalue weighted by Gasteiger charge is -2.33. The fourth-order valence-corrected chi connectivity index (χ4v) is 2.77. The van der Waals surface area contributed by atoms with E-state index < -0.39 is 0 Å². The molecule has 2 atom stereocenters. The maximum Gasteiger partial charge on any atom is 0.00249 e. The van der Waals surface area contributed by atoms with Gasteiger partial charge in [0.05, 0.1) is 0 Å². The van der Waals surface area contributed by atoms with E-state index in [0.29, 0.717) is 0 Å². The number of rotatable bonds is 1. The molecule has 2 aliphatic heterocycles. The molecule has 0 aromatic rings. The minimum absolute atomic E-state index is 0.976. The van der Waals surface area contributed by atoms with Crippen LogP contribution < -0.4 is 0 Å². The minimum atomic E-state index is 0.976. The number of nitrogens with zero attached hydrogens (tertiary/aromatic N) is 2. The summed E-state index contributed by atoms with van der Waals surface area (Å²) in [5.74, 6) is 1.99. The van der Waals surface area contributed by atoms with Crippen molar-refractivity contribution < 1.29 is 0 Å². The number of likely N-dealkylation sites (tertiary alicyclic amines) is 2. The van der Waals surface area contributed by atoms with Crippen LogP contribution in [0.25, 0.3) is 0 Å². The summed E-state index contributed by atoms with van der Waals surface area (Å²) in [7, 11) is 2.26. The molecule has 2 rings (SSSR count). The quantitative estimate of drug-likeness (QED) is 0.631. The van der Waals surface area contributed by atoms with Gasteiger partial charge in [0, 0.05) is 19.6 Å². The monoisotopic (exact) mass is 224 g/mol. The van der Waals surface area contributed by atoms with Crippen molar-refractivity contribution in [2.45, 2.75) is 27.2 Å². The number of piperidine rings is 1. The summed E-state index contributed by atoms with van der Waals surface area (Å²) >= 11 is 0. The van der Waals surface area contributed by atoms with E-state index in [2.05, 4.69) is 23.8 Å². The van der Waals surface area contributed by atoms with Crippen LogP contribution >= 0.6 is 0 Å². The van der Waals surface area contributed by atoms with E-state index in [4.69, 9.17) is 0 Å². The molecule has 2 aliphatic rings. The van der Waals surface area contributed by atoms with Gasteiger partial charge < -0.3 is 9.80 Å². The second-order valence-electron chi connectivity index (χ2n) is 5.09. The van der Waals surface area contributed by atoms with Crippen molar-refractivity contribution in [2.24, 2.45) is 11.8 Å². The summed E-state index contributed by atoms with van der Waals surface area (Å²) in [4.78, 5) is 5.09. The Morgan fingerprint density at radius 1 is 1.06 bits per heavy atom. The van der Waals surface area contributed by atoms with E-state index >= 15 is 0 Å². The Morgan fingerprint density at radius 2 is 1.69 bits per heavy atom. The zero-order valence-corrected chi connectivity index (χ0v) is 11.4. The first-order chi connectivity index (χ1) is 7.71. The predicted molar refractivity (Wildman–Crippen MR) is 71.7 cm³/mol. The third-order valence-corrected chi connectivity index (χ3v) is 3.85. The molecule has 0 aromatic carbocycles. The van der Waals surface area contributed by atoms with Gasteiger partial charge in [0.15, 0.2) is 0 Å². The maximum absolute atomic E-state index is 2.60. The van der Waals surface area contributed by atoms with Crippen LogP contribution in [0.5, 0.6) is 0 Å². The smallest absolute Gasteiger partial charge is 0.00249 e. The van der Waals surface area contributed by atoms with Crippen molar-refractivity contribution in [3.8, 4) is 0 Å². The molecule has 0 N–H and O–H groups in total. The van der Waals surface area contributed by atoms with Gasteiger partial charge in [-0.2, -0.15) is 0 Å². The Labute approximate surface area is 101 Å². The number of hydrogen-bond donors (Lipinski definition) is 0. The Hall–Kier alpha value is -0.340. The molecule has 2 saturated heterocycles. The number of fused-ring (bicyclic) bond motifs is 1. The molecular weight excluding hydrogens is 196 g/mol. The van der Waals surface area contributed by atoms with Crippen molar-refractivity contribution in [3.05, 3.63) is 12.2 Å². The molecule has 0 bridgehead atoms. The average molecular weight is 224 g/mol. The SMILES string of the molecule is CC=CC.CCN1CCC2CN(C)CC2C1. The molecule has 2 nitrogen and oxygen atoms in total. The topological polar surface area (TPSA) is 6.48 Å². The van der Waals surface area contributed by atoms with Crippen molar-refractivity contribution in [1.29, 1.82) is 0 Å². The molecule has 16 heavy (non-hydrogen) atoms. The number of allylic oxidation sites excluding steroid dienone is 2. The standard InChI is InChI=1S/C10H20N2.C4H8/c1-3-12-5-4-9-6-11(2)7-10(9)8-12;1-3-4-2/h9-10H,3-8H2,1-2H3;3-4H,1-2H3. The fourth-order valence-electron chi connectivity index (χ4n) is 2.77. The van der Waals surface area contributed by atoms with Gasteiger partial charge in [0.25, 0.3) is 0 Å². The van der Waals surface area contributed by atoms with Crippen molar-refractivity contribution >= 4 is 0 Å². The van der Waals surface area contributed by atoms with Crippen LogP contribution in [-0.2, 0) is 0 Å². The first-order valence-electron chi connectivity index (χ1n) is 6.69. The highest BCUT2D eigenvalue weighted by Crippen LogP contribution is 2.29. The maximum atomic E-state index is 2.60. The van der Waals surface area contributed by atoms with Gasteiger partial charge in [-0.05, 0) is 52.2 Å². The minimum Gasteiger partial charge on any atom is -0.306 e. The third kappa shape index (κ3) is 3.91. The highest BCUT2D eigenvalue weighted by atomic mass is 15.2. The lowest BCUT2D eigenvalue weighted by atomic mass is 9.89. The summed E-state index contributed by atoms with van der Waals surface area (Å²) in [5.41, 5.74) is 0. The van der Waals surface area contributed by atoms with Crippen LogP contribution in [0.15, 0.2) is 12.2 Å². The predicted octanol–water partition coefficient (Wildman–Crippen LogP) is 2.47. The molecule has 0 amide bonds. The molecule has 2 heteroatoms. The Kier molecular flexibility index (Phi) is 6.07. The highest BCUT2D eigenvalue weighted by Gasteiger charge is 2.34. The summed E-state index contributed by atoms with van der Waals surface area (Å²) in [5, 5.41) is 0. The molecule has 2 unspecified atom stereocenters. The molecule has 94 valence electrons. The second kappa shape index (κ2) is 7.08. The summed E-state index contributed by atoms with van der Waals surface area (Å²) < 4.78 is 0. The van der Waals surface area contributed by atoms with E-state index in [1.165, 1.54) is 39.1 Å². The van der Waals surface area contributed by atoms with Crippen molar-refractivity contribution in [1.82, 2.24) is 9.80 Å². The van der Waals surface area contributed by atoms with Gasteiger partial charge in [-0.25, -0.2) is 0 Å². The fraction of sp³-hybridized carbons (Fsp3) is 0.857. The van der Waals surface area contributed by atoms with Crippen LogP contribution in [0.3, 0.4) is 0 Å². The van der Waals surface area contributed by atoms with Crippen LogP contribution in [-0.4, -0.2) is 49.6 Å². The largest absolute Gasteiger partial charge is 0.306 e. The van der Waals surface area contributed by atoms with Gasteiger partial charge in [0.2, 0.25) is 0 Å². The molecule has 0 saturated carbocycles. The first-order valence-corrected chi connectivity index (χ1v) is 6.69. The molecule has 0 aliphatic carbocycles. The van der Waals surface area contributed by atoms with Gasteiger partial charge in [-0.15, -0.1) is 0 Å². The molecule has 2 fully saturated rings. The summed E-state index contributed by atoms with van der Waals surface area (Å²) in [6.45, 7) is 12.9. The lowest BCUT2D eigenvalue weighted by Crippen LogP contribution is -2.39. The van der Waals surface area contributed by atoms with Gasteiger partial charge in [-0.3, -0.25) is 0 Å². The molecule has 0 aromatic heterocycles. The third-order valence-electron chi connectivity index (χ3n) is 3.85. The Morgan fingerprint density at radius 3 is 2.25 bits per heavy atom. The van der Waals surface area contributed by atoms with Gasteiger partial charge >= 0.3 is 0 Å². The van der Waals surface area contributed by atoms with E-state index in [9.17, 15) is 0 Å². The highest BCUT2D eigenvalue weighted by molar-refractivity contribution is 4.88. The first kappa shape index (κ1) is 13.7. The number of hydrogen-bond acceptors (Lipinski definition) is 2. The summed E-state index contributed by atoms with van der Waals surface area (Å²) in [6, 6.07) is 0. The van der Waals surface area contributed by atoms with Crippen LogP contribution in [0, 0.1) is 11.8 Å². The van der Waals surface area contributed by atoms with Gasteiger partial charge in [0.1, 0.15) is 0 Å². The molecular formula is C14H28N2. The molecule has 0 radical (unpaired) electrons. The Bertz CT molecular complexity index is 209. The summed E-state index contributed by atoms with van der Waals surface area (Å²) in [6.07, 6.45) is 5.43. The van der Waals surface area contributed by atoms with E-state index in [-0.39, 0.29) is 0 Å². The zero-order chi connectivity index (χ0) is 12.0. The molecule has 0 spiro atoms. The normalized spacial score (nSPS) is 31.2. The van der Waals surface area contributed by atoms with Crippen LogP contribution in [0.2, 0.25) is 0 Å². The van der Waals surface area contributed by atoms with Crippen LogP contribution in [0.4, 0.5) is 0 Å². The van der Waals surface area contributed by atoms with Gasteiger partial charge in [-0.1, -0.05) is 19.1 Å². The van der Waals surface area contributed by atoms with Crippen molar-refractivity contribution in [2.75, 3.05) is 39.8 Å². The zero-order valence-electron chi connectivity index (χ0n) is 11.4. The van der Waals surface area contributed by atoms with E-state index in [1.54, 1.807) is 0 Å². The van der Waals surface area contributed by atoms with Crippen molar-refractivity contribution in [3.63, 3.8) is 0 Å². The van der Waals surface area contributed by atoms with Crippen LogP contribution in [0.1, 0.15) is 27.2 Å². The van der Waals surface area contributed by atoms with E-state index in [0.717, 1.165) is 11.8 Å². The van der Waals surface area contributed by atoms with E-state index in [1.807, 2.05) is 26.0 Å². The molecule has 2 heterocycles. The lowest BCUT2D eigenvalue weighted by molar-refractivity contribution is 0.155. The average Bonchev–Trinajstić information content (AvgIpc) is 2.68. The second-order valence-corrected chi connectivity index (χ2v) is 5.09.